The highest BCUT2D eigenvalue weighted by Gasteiger charge is 2.23. The Hall–Kier alpha value is -3.61. The van der Waals surface area contributed by atoms with Crippen LogP contribution in [0.4, 0.5) is 4.79 Å². The average Bonchev–Trinajstić information content (AvgIpc) is 3.04. The Morgan fingerprint density at radius 3 is 2.52 bits per heavy atom. The van der Waals surface area contributed by atoms with Gasteiger partial charge >= 0.3 is 12.1 Å². The number of carboxylic acid groups (broad SMARTS) is 1. The van der Waals surface area contributed by atoms with Crippen molar-refractivity contribution in [1.82, 2.24) is 9.88 Å². The molecule has 1 atom stereocenters. The summed E-state index contributed by atoms with van der Waals surface area (Å²) < 4.78 is 6.47. The SMILES string of the molecule is O=Cn1cc(CC(NC(=O)OCc2ccccc2)C(=O)O)c2ccccc21. The number of nitrogens with one attached hydrogen (secondary N) is 1. The molecule has 1 amide bonds. The molecule has 0 aliphatic rings. The first kappa shape index (κ1) is 18.2. The minimum atomic E-state index is -1.19. The number of amides is 1. The van der Waals surface area contributed by atoms with Crippen LogP contribution < -0.4 is 5.32 Å². The van der Waals surface area contributed by atoms with E-state index in [9.17, 15) is 19.5 Å². The largest absolute Gasteiger partial charge is 0.480 e. The summed E-state index contributed by atoms with van der Waals surface area (Å²) >= 11 is 0. The maximum Gasteiger partial charge on any atom is 0.408 e. The van der Waals surface area contributed by atoms with Gasteiger partial charge in [-0.05, 0) is 17.2 Å². The molecule has 3 rings (SSSR count). The van der Waals surface area contributed by atoms with Crippen molar-refractivity contribution in [3.05, 3.63) is 71.9 Å². The van der Waals surface area contributed by atoms with Crippen molar-refractivity contribution in [2.45, 2.75) is 19.1 Å². The number of alkyl carbamates (subject to hydrolysis) is 1. The van der Waals surface area contributed by atoms with E-state index in [0.29, 0.717) is 17.5 Å². The number of aliphatic carboxylic acids is 1. The molecule has 0 bridgehead atoms. The highest BCUT2D eigenvalue weighted by Crippen LogP contribution is 2.21. The van der Waals surface area contributed by atoms with Crippen molar-refractivity contribution >= 4 is 29.4 Å². The van der Waals surface area contributed by atoms with Crippen LogP contribution in [0.5, 0.6) is 0 Å². The van der Waals surface area contributed by atoms with Gasteiger partial charge < -0.3 is 15.2 Å². The van der Waals surface area contributed by atoms with E-state index in [1.54, 1.807) is 42.6 Å². The van der Waals surface area contributed by atoms with Crippen LogP contribution in [0.1, 0.15) is 11.1 Å². The van der Waals surface area contributed by atoms with Gasteiger partial charge in [0, 0.05) is 18.0 Å². The van der Waals surface area contributed by atoms with Gasteiger partial charge in [0.2, 0.25) is 6.41 Å². The lowest BCUT2D eigenvalue weighted by Gasteiger charge is -2.14. The number of carbonyl (C=O) groups excluding carboxylic acids is 2. The van der Waals surface area contributed by atoms with Gasteiger partial charge in [-0.25, -0.2) is 9.59 Å². The molecule has 1 heterocycles. The Bertz CT molecular complexity index is 965. The molecule has 0 fully saturated rings. The monoisotopic (exact) mass is 366 g/mol. The van der Waals surface area contributed by atoms with Gasteiger partial charge in [-0.15, -0.1) is 0 Å². The highest BCUT2D eigenvalue weighted by atomic mass is 16.5. The Morgan fingerprint density at radius 1 is 1.11 bits per heavy atom. The van der Waals surface area contributed by atoms with Gasteiger partial charge in [0.25, 0.3) is 0 Å². The number of nitrogens with zero attached hydrogens (tertiary/aromatic N) is 1. The first-order valence-corrected chi connectivity index (χ1v) is 8.32. The third-order valence-corrected chi connectivity index (χ3v) is 4.16. The minimum absolute atomic E-state index is 0.0249. The zero-order valence-electron chi connectivity index (χ0n) is 14.4. The minimum Gasteiger partial charge on any atom is -0.480 e. The molecule has 2 aromatic carbocycles. The van der Waals surface area contributed by atoms with Crippen LogP contribution in [0, 0.1) is 0 Å². The third kappa shape index (κ3) is 4.33. The predicted octanol–water partition coefficient (Wildman–Crippen LogP) is 2.60. The van der Waals surface area contributed by atoms with Crippen LogP contribution in [0.2, 0.25) is 0 Å². The van der Waals surface area contributed by atoms with Gasteiger partial charge in [0.05, 0.1) is 5.52 Å². The number of aromatic nitrogens is 1. The lowest BCUT2D eigenvalue weighted by molar-refractivity contribution is -0.139. The lowest BCUT2D eigenvalue weighted by atomic mass is 10.1. The third-order valence-electron chi connectivity index (χ3n) is 4.16. The second-order valence-electron chi connectivity index (χ2n) is 5.99. The molecule has 3 aromatic rings. The van der Waals surface area contributed by atoms with Gasteiger partial charge in [0.15, 0.2) is 0 Å². The lowest BCUT2D eigenvalue weighted by Crippen LogP contribution is -2.42. The Morgan fingerprint density at radius 2 is 1.81 bits per heavy atom. The smallest absolute Gasteiger partial charge is 0.408 e. The summed E-state index contributed by atoms with van der Waals surface area (Å²) in [5.74, 6) is -1.19. The summed E-state index contributed by atoms with van der Waals surface area (Å²) in [6.07, 6.45) is 1.44. The Labute approximate surface area is 155 Å². The van der Waals surface area contributed by atoms with E-state index >= 15 is 0 Å². The fourth-order valence-corrected chi connectivity index (χ4v) is 2.85. The van der Waals surface area contributed by atoms with Crippen LogP contribution in [-0.2, 0) is 27.4 Å². The molecule has 7 heteroatoms. The number of rotatable bonds is 7. The van der Waals surface area contributed by atoms with E-state index < -0.39 is 18.1 Å². The number of hydrogen-bond acceptors (Lipinski definition) is 4. The quantitative estimate of drug-likeness (QED) is 0.627. The zero-order valence-corrected chi connectivity index (χ0v) is 14.4. The van der Waals surface area contributed by atoms with E-state index in [4.69, 9.17) is 4.74 Å². The maximum atomic E-state index is 12.0. The summed E-state index contributed by atoms with van der Waals surface area (Å²) in [6.45, 7) is 0.0451. The molecular formula is C20H18N2O5. The number of carbonyl (C=O) groups is 3. The van der Waals surface area contributed by atoms with Crippen molar-refractivity contribution in [2.75, 3.05) is 0 Å². The average molecular weight is 366 g/mol. The molecule has 138 valence electrons. The molecule has 0 aliphatic heterocycles. The molecule has 0 spiro atoms. The Kier molecular flexibility index (Phi) is 5.51. The maximum absolute atomic E-state index is 12.0. The summed E-state index contributed by atoms with van der Waals surface area (Å²) in [7, 11) is 0. The van der Waals surface area contributed by atoms with Crippen LogP contribution >= 0.6 is 0 Å². The second kappa shape index (κ2) is 8.18. The molecule has 1 unspecified atom stereocenters. The van der Waals surface area contributed by atoms with Gasteiger partial charge in [-0.2, -0.15) is 0 Å². The fraction of sp³-hybridized carbons (Fsp3) is 0.150. The summed E-state index contributed by atoms with van der Waals surface area (Å²) in [5, 5.41) is 12.6. The van der Waals surface area contributed by atoms with Crippen LogP contribution in [0.25, 0.3) is 10.9 Å². The molecule has 0 saturated carbocycles. The standard InChI is InChI=1S/C20H18N2O5/c23-13-22-11-15(16-8-4-5-9-18(16)22)10-17(19(24)25)21-20(26)27-12-14-6-2-1-3-7-14/h1-9,11,13,17H,10,12H2,(H,21,26)(H,24,25). The van der Waals surface area contributed by atoms with E-state index in [0.717, 1.165) is 10.9 Å². The van der Waals surface area contributed by atoms with Crippen LogP contribution in [-0.4, -0.2) is 34.2 Å². The normalized spacial score (nSPS) is 11.7. The number of carboxylic acids is 1. The molecule has 2 N–H and O–H groups in total. The van der Waals surface area contributed by atoms with Gasteiger partial charge in [0.1, 0.15) is 12.6 Å². The molecule has 1 aromatic heterocycles. The van der Waals surface area contributed by atoms with E-state index in [1.807, 2.05) is 18.2 Å². The number of hydrogen-bond donors (Lipinski definition) is 2. The number of benzene rings is 2. The van der Waals surface area contributed by atoms with Crippen molar-refractivity contribution in [1.29, 1.82) is 0 Å². The topological polar surface area (TPSA) is 97.6 Å². The second-order valence-corrected chi connectivity index (χ2v) is 5.99. The first-order chi connectivity index (χ1) is 13.1. The Balaban J connectivity index is 1.70. The predicted molar refractivity (Wildman–Crippen MR) is 99.0 cm³/mol. The zero-order chi connectivity index (χ0) is 19.2. The van der Waals surface area contributed by atoms with Crippen LogP contribution in [0.15, 0.2) is 60.8 Å². The fourth-order valence-electron chi connectivity index (χ4n) is 2.85. The van der Waals surface area contributed by atoms with Crippen molar-refractivity contribution in [3.8, 4) is 0 Å². The van der Waals surface area contributed by atoms with E-state index in [1.165, 1.54) is 4.57 Å². The first-order valence-electron chi connectivity index (χ1n) is 8.32. The number of fused-ring (bicyclic) bond motifs is 1. The molecule has 0 saturated heterocycles. The van der Waals surface area contributed by atoms with Crippen LogP contribution in [0.3, 0.4) is 0 Å². The summed E-state index contributed by atoms with van der Waals surface area (Å²) in [5.41, 5.74) is 2.13. The molecular weight excluding hydrogens is 348 g/mol. The van der Waals surface area contributed by atoms with Crippen molar-refractivity contribution in [3.63, 3.8) is 0 Å². The highest BCUT2D eigenvalue weighted by molar-refractivity contribution is 5.89. The van der Waals surface area contributed by atoms with Crippen molar-refractivity contribution < 1.29 is 24.2 Å². The van der Waals surface area contributed by atoms with Gasteiger partial charge in [-0.3, -0.25) is 9.36 Å². The molecule has 7 nitrogen and oxygen atoms in total. The molecule has 0 radical (unpaired) electrons. The van der Waals surface area contributed by atoms with E-state index in [-0.39, 0.29) is 13.0 Å². The van der Waals surface area contributed by atoms with Gasteiger partial charge in [-0.1, -0.05) is 48.5 Å². The summed E-state index contributed by atoms with van der Waals surface area (Å²) in [4.78, 5) is 34.8. The number of para-hydroxylation sites is 1. The molecule has 27 heavy (non-hydrogen) atoms. The molecule has 0 aliphatic carbocycles. The van der Waals surface area contributed by atoms with Crippen molar-refractivity contribution in [2.24, 2.45) is 0 Å². The summed E-state index contributed by atoms with van der Waals surface area (Å²) in [6, 6.07) is 15.1. The number of ether oxygens (including phenoxy) is 1. The van der Waals surface area contributed by atoms with E-state index in [2.05, 4.69) is 5.32 Å².